The SMILES string of the molecule is Cc1nn(CCC(=O)N(C)Cc2c(Cl)cnn2C)c(C)c1Cl. The van der Waals surface area contributed by atoms with Crippen molar-refractivity contribution in [1.29, 1.82) is 0 Å². The zero-order valence-electron chi connectivity index (χ0n) is 13.1. The van der Waals surface area contributed by atoms with Crippen molar-refractivity contribution in [1.82, 2.24) is 24.5 Å². The first-order valence-electron chi connectivity index (χ1n) is 6.91. The van der Waals surface area contributed by atoms with E-state index in [0.717, 1.165) is 17.1 Å². The van der Waals surface area contributed by atoms with Crippen LogP contribution in [0.5, 0.6) is 0 Å². The fourth-order valence-electron chi connectivity index (χ4n) is 2.21. The van der Waals surface area contributed by atoms with Crippen LogP contribution in [0.25, 0.3) is 0 Å². The van der Waals surface area contributed by atoms with Gasteiger partial charge in [0, 0.05) is 20.5 Å². The highest BCUT2D eigenvalue weighted by Crippen LogP contribution is 2.19. The van der Waals surface area contributed by atoms with Crippen molar-refractivity contribution in [2.45, 2.75) is 33.4 Å². The van der Waals surface area contributed by atoms with Gasteiger partial charge in [-0.3, -0.25) is 14.2 Å². The van der Waals surface area contributed by atoms with Gasteiger partial charge in [-0.15, -0.1) is 0 Å². The van der Waals surface area contributed by atoms with E-state index in [-0.39, 0.29) is 5.91 Å². The minimum atomic E-state index is 0.0148. The molecule has 8 heteroatoms. The van der Waals surface area contributed by atoms with Gasteiger partial charge in [-0.25, -0.2) is 0 Å². The second kappa shape index (κ2) is 6.71. The summed E-state index contributed by atoms with van der Waals surface area (Å²) in [6.45, 7) is 4.67. The third-order valence-corrected chi connectivity index (χ3v) is 4.52. The largest absolute Gasteiger partial charge is 0.340 e. The molecule has 0 spiro atoms. The van der Waals surface area contributed by atoms with E-state index >= 15 is 0 Å². The quantitative estimate of drug-likeness (QED) is 0.838. The number of amides is 1. The minimum Gasteiger partial charge on any atom is -0.340 e. The van der Waals surface area contributed by atoms with E-state index in [4.69, 9.17) is 23.2 Å². The zero-order chi connectivity index (χ0) is 16.4. The van der Waals surface area contributed by atoms with E-state index in [1.54, 1.807) is 34.6 Å². The van der Waals surface area contributed by atoms with Crippen molar-refractivity contribution < 1.29 is 4.79 Å². The summed E-state index contributed by atoms with van der Waals surface area (Å²) in [5, 5.41) is 9.61. The van der Waals surface area contributed by atoms with Crippen LogP contribution in [0, 0.1) is 13.8 Å². The van der Waals surface area contributed by atoms with Gasteiger partial charge in [-0.1, -0.05) is 23.2 Å². The van der Waals surface area contributed by atoms with Crippen molar-refractivity contribution in [2.24, 2.45) is 7.05 Å². The molecule has 0 unspecified atom stereocenters. The molecule has 0 radical (unpaired) electrons. The molecule has 0 aromatic carbocycles. The van der Waals surface area contributed by atoms with Crippen LogP contribution in [0.15, 0.2) is 6.20 Å². The van der Waals surface area contributed by atoms with Crippen LogP contribution in [-0.4, -0.2) is 37.4 Å². The maximum absolute atomic E-state index is 12.2. The monoisotopic (exact) mass is 343 g/mol. The van der Waals surface area contributed by atoms with E-state index in [0.29, 0.717) is 29.6 Å². The lowest BCUT2D eigenvalue weighted by Crippen LogP contribution is -2.28. The van der Waals surface area contributed by atoms with Gasteiger partial charge in [0.05, 0.1) is 46.4 Å². The van der Waals surface area contributed by atoms with Crippen molar-refractivity contribution in [3.8, 4) is 0 Å². The molecule has 2 aromatic heterocycles. The van der Waals surface area contributed by atoms with Crippen LogP contribution in [0.3, 0.4) is 0 Å². The van der Waals surface area contributed by atoms with Gasteiger partial charge in [0.25, 0.3) is 0 Å². The molecular formula is C14H19Cl2N5O. The number of rotatable bonds is 5. The maximum Gasteiger partial charge on any atom is 0.224 e. The van der Waals surface area contributed by atoms with Crippen LogP contribution in [0.2, 0.25) is 10.0 Å². The summed E-state index contributed by atoms with van der Waals surface area (Å²) in [4.78, 5) is 13.9. The highest BCUT2D eigenvalue weighted by molar-refractivity contribution is 6.31. The van der Waals surface area contributed by atoms with E-state index in [1.807, 2.05) is 13.8 Å². The Kier molecular flexibility index (Phi) is 5.13. The van der Waals surface area contributed by atoms with Crippen LogP contribution in [0.1, 0.15) is 23.5 Å². The second-order valence-electron chi connectivity index (χ2n) is 5.27. The molecule has 1 amide bonds. The van der Waals surface area contributed by atoms with Gasteiger partial charge in [-0.2, -0.15) is 10.2 Å². The molecule has 0 fully saturated rings. The molecule has 22 heavy (non-hydrogen) atoms. The maximum atomic E-state index is 12.2. The van der Waals surface area contributed by atoms with Gasteiger partial charge in [0.2, 0.25) is 5.91 Å². The van der Waals surface area contributed by atoms with E-state index in [1.165, 1.54) is 0 Å². The third-order valence-electron chi connectivity index (χ3n) is 3.65. The molecule has 0 aliphatic carbocycles. The molecule has 0 aliphatic rings. The Bertz CT molecular complexity index is 672. The summed E-state index contributed by atoms with van der Waals surface area (Å²) in [6, 6.07) is 0. The lowest BCUT2D eigenvalue weighted by Gasteiger charge is -2.17. The number of aromatic nitrogens is 4. The Morgan fingerprint density at radius 1 is 1.36 bits per heavy atom. The molecule has 0 N–H and O–H groups in total. The first kappa shape index (κ1) is 16.8. The smallest absolute Gasteiger partial charge is 0.224 e. The van der Waals surface area contributed by atoms with Crippen LogP contribution < -0.4 is 0 Å². The lowest BCUT2D eigenvalue weighted by atomic mass is 10.3. The summed E-state index contributed by atoms with van der Waals surface area (Å²) in [6.07, 6.45) is 1.93. The molecule has 0 bridgehead atoms. The number of carbonyl (C=O) groups is 1. The number of carbonyl (C=O) groups excluding carboxylic acids is 1. The minimum absolute atomic E-state index is 0.0148. The van der Waals surface area contributed by atoms with Crippen molar-refractivity contribution >= 4 is 29.1 Å². The van der Waals surface area contributed by atoms with Gasteiger partial charge in [0.15, 0.2) is 0 Å². The summed E-state index contributed by atoms with van der Waals surface area (Å²) in [5.74, 6) is 0.0148. The van der Waals surface area contributed by atoms with Crippen molar-refractivity contribution in [3.05, 3.63) is 33.3 Å². The Morgan fingerprint density at radius 3 is 2.55 bits per heavy atom. The van der Waals surface area contributed by atoms with Gasteiger partial charge < -0.3 is 4.90 Å². The summed E-state index contributed by atoms with van der Waals surface area (Å²) in [5.41, 5.74) is 2.47. The Labute approximate surface area is 139 Å². The Balaban J connectivity index is 1.96. The summed E-state index contributed by atoms with van der Waals surface area (Å²) in [7, 11) is 3.55. The molecule has 0 atom stereocenters. The summed E-state index contributed by atoms with van der Waals surface area (Å²) < 4.78 is 3.44. The first-order valence-corrected chi connectivity index (χ1v) is 7.66. The van der Waals surface area contributed by atoms with E-state index in [9.17, 15) is 4.79 Å². The van der Waals surface area contributed by atoms with Gasteiger partial charge in [0.1, 0.15) is 0 Å². The van der Waals surface area contributed by atoms with Gasteiger partial charge >= 0.3 is 0 Å². The van der Waals surface area contributed by atoms with Gasteiger partial charge in [-0.05, 0) is 13.8 Å². The normalized spacial score (nSPS) is 11.0. The molecule has 2 rings (SSSR count). The lowest BCUT2D eigenvalue weighted by molar-refractivity contribution is -0.130. The van der Waals surface area contributed by atoms with Crippen molar-refractivity contribution in [3.63, 3.8) is 0 Å². The number of hydrogen-bond donors (Lipinski definition) is 0. The summed E-state index contributed by atoms with van der Waals surface area (Å²) >= 11 is 12.2. The molecule has 2 heterocycles. The van der Waals surface area contributed by atoms with Crippen molar-refractivity contribution in [2.75, 3.05) is 7.05 Å². The standard InChI is InChI=1S/C14H19Cl2N5O/c1-9-14(16)10(2)21(18-9)6-5-13(22)19(3)8-12-11(15)7-17-20(12)4/h7H,5-6,8H2,1-4H3. The van der Waals surface area contributed by atoms with E-state index in [2.05, 4.69) is 10.2 Å². The molecular weight excluding hydrogens is 325 g/mol. The average molecular weight is 344 g/mol. The Morgan fingerprint density at radius 2 is 2.05 bits per heavy atom. The van der Waals surface area contributed by atoms with Crippen LogP contribution >= 0.6 is 23.2 Å². The number of hydrogen-bond acceptors (Lipinski definition) is 3. The molecule has 120 valence electrons. The fraction of sp³-hybridized carbons (Fsp3) is 0.500. The third kappa shape index (κ3) is 3.44. The fourth-order valence-corrected chi connectivity index (χ4v) is 2.57. The predicted molar refractivity (Wildman–Crippen MR) is 86.0 cm³/mol. The predicted octanol–water partition coefficient (Wildman–Crippen LogP) is 2.59. The average Bonchev–Trinajstić information content (AvgIpc) is 2.92. The number of aryl methyl sites for hydroxylation is 3. The molecule has 0 saturated carbocycles. The molecule has 0 saturated heterocycles. The molecule has 2 aromatic rings. The molecule has 6 nitrogen and oxygen atoms in total. The van der Waals surface area contributed by atoms with Crippen LogP contribution in [-0.2, 0) is 24.9 Å². The number of nitrogens with zero attached hydrogens (tertiary/aromatic N) is 5. The number of halogens is 2. The van der Waals surface area contributed by atoms with E-state index < -0.39 is 0 Å². The topological polar surface area (TPSA) is 56.0 Å². The first-order chi connectivity index (χ1) is 10.3. The Hall–Kier alpha value is -1.53. The molecule has 0 aliphatic heterocycles. The zero-order valence-corrected chi connectivity index (χ0v) is 14.6. The highest BCUT2D eigenvalue weighted by atomic mass is 35.5. The highest BCUT2D eigenvalue weighted by Gasteiger charge is 2.15. The van der Waals surface area contributed by atoms with Crippen LogP contribution in [0.4, 0.5) is 0 Å². The second-order valence-corrected chi connectivity index (χ2v) is 6.06.